The number of likely N-dealkylation sites (tertiary alicyclic amines) is 1. The van der Waals surface area contributed by atoms with Crippen molar-refractivity contribution in [2.75, 3.05) is 31.6 Å². The molecular weight excluding hydrogens is 320 g/mol. The summed E-state index contributed by atoms with van der Waals surface area (Å²) in [7, 11) is 0. The molecule has 1 aromatic rings. The maximum Gasteiger partial charge on any atom is 0.228 e. The lowest BCUT2D eigenvalue weighted by Crippen LogP contribution is -2.42. The molecule has 25 heavy (non-hydrogen) atoms. The van der Waals surface area contributed by atoms with E-state index in [1.807, 2.05) is 29.5 Å². The van der Waals surface area contributed by atoms with Gasteiger partial charge in [0.2, 0.25) is 11.8 Å². The van der Waals surface area contributed by atoms with Gasteiger partial charge in [-0.1, -0.05) is 13.8 Å². The summed E-state index contributed by atoms with van der Waals surface area (Å²) in [6, 6.07) is 2.05. The number of ether oxygens (including phenoxy) is 1. The van der Waals surface area contributed by atoms with Crippen LogP contribution in [-0.4, -0.2) is 52.8 Å². The normalized spacial score (nSPS) is 21.7. The molecule has 2 amide bonds. The van der Waals surface area contributed by atoms with Crippen LogP contribution in [0.5, 0.6) is 0 Å². The molecule has 0 saturated carbocycles. The highest BCUT2D eigenvalue weighted by Crippen LogP contribution is 2.27. The Labute approximate surface area is 148 Å². The third-order valence-electron chi connectivity index (χ3n) is 4.93. The second-order valence-corrected chi connectivity index (χ2v) is 7.42. The Morgan fingerprint density at radius 3 is 2.72 bits per heavy atom. The Hall–Kier alpha value is -1.89. The molecule has 3 rings (SSSR count). The molecule has 0 radical (unpaired) electrons. The van der Waals surface area contributed by atoms with Gasteiger partial charge in [0, 0.05) is 32.2 Å². The Morgan fingerprint density at radius 1 is 1.32 bits per heavy atom. The first-order valence-electron chi connectivity index (χ1n) is 9.24. The van der Waals surface area contributed by atoms with Gasteiger partial charge in [-0.3, -0.25) is 9.59 Å². The zero-order valence-corrected chi connectivity index (χ0v) is 15.1. The third-order valence-corrected chi connectivity index (χ3v) is 4.93. The molecule has 7 heteroatoms. The first-order valence-corrected chi connectivity index (χ1v) is 9.24. The van der Waals surface area contributed by atoms with Crippen LogP contribution < -0.4 is 5.32 Å². The Bertz CT molecular complexity index is 599. The van der Waals surface area contributed by atoms with Gasteiger partial charge >= 0.3 is 0 Å². The number of nitrogens with zero attached hydrogens (tertiary/aromatic N) is 3. The van der Waals surface area contributed by atoms with Gasteiger partial charge in [-0.2, -0.15) is 5.10 Å². The first-order chi connectivity index (χ1) is 12.0. The van der Waals surface area contributed by atoms with E-state index in [0.29, 0.717) is 25.6 Å². The molecule has 2 saturated heterocycles. The number of hydrogen-bond donors (Lipinski definition) is 1. The van der Waals surface area contributed by atoms with E-state index >= 15 is 0 Å². The van der Waals surface area contributed by atoms with E-state index in [9.17, 15) is 9.59 Å². The van der Waals surface area contributed by atoms with Crippen LogP contribution in [0.25, 0.3) is 0 Å². The van der Waals surface area contributed by atoms with E-state index in [-0.39, 0.29) is 23.8 Å². The van der Waals surface area contributed by atoms with Crippen molar-refractivity contribution >= 4 is 17.6 Å². The molecule has 2 fully saturated rings. The highest BCUT2D eigenvalue weighted by atomic mass is 16.5. The molecule has 1 atom stereocenters. The van der Waals surface area contributed by atoms with Crippen LogP contribution in [0.2, 0.25) is 0 Å². The van der Waals surface area contributed by atoms with Crippen molar-refractivity contribution in [1.82, 2.24) is 14.7 Å². The minimum absolute atomic E-state index is 0.0191. The molecule has 2 aliphatic rings. The lowest BCUT2D eigenvalue weighted by molar-refractivity contribution is -0.136. The van der Waals surface area contributed by atoms with Crippen molar-refractivity contribution in [3.05, 3.63) is 12.3 Å². The van der Waals surface area contributed by atoms with Gasteiger partial charge in [0.05, 0.1) is 24.8 Å². The molecule has 2 aliphatic heterocycles. The largest absolute Gasteiger partial charge is 0.381 e. The lowest BCUT2D eigenvalue weighted by Gasteiger charge is -2.34. The molecule has 0 bridgehead atoms. The quantitative estimate of drug-likeness (QED) is 0.884. The maximum absolute atomic E-state index is 12.5. The van der Waals surface area contributed by atoms with Crippen molar-refractivity contribution in [1.29, 1.82) is 0 Å². The van der Waals surface area contributed by atoms with E-state index in [1.165, 1.54) is 0 Å². The van der Waals surface area contributed by atoms with Crippen LogP contribution in [0.4, 0.5) is 5.82 Å². The van der Waals surface area contributed by atoms with Gasteiger partial charge in [-0.05, 0) is 25.2 Å². The molecule has 1 N–H and O–H groups in total. The number of carbonyl (C=O) groups is 2. The molecule has 138 valence electrons. The maximum atomic E-state index is 12.5. The van der Waals surface area contributed by atoms with E-state index in [1.54, 1.807) is 6.20 Å². The monoisotopic (exact) mass is 348 g/mol. The summed E-state index contributed by atoms with van der Waals surface area (Å²) in [5, 5.41) is 7.36. The van der Waals surface area contributed by atoms with E-state index in [4.69, 9.17) is 4.74 Å². The molecule has 7 nitrogen and oxygen atoms in total. The van der Waals surface area contributed by atoms with E-state index in [2.05, 4.69) is 10.4 Å². The second-order valence-electron chi connectivity index (χ2n) is 7.42. The summed E-state index contributed by atoms with van der Waals surface area (Å²) in [6.07, 6.45) is 4.77. The van der Waals surface area contributed by atoms with Gasteiger partial charge in [0.15, 0.2) is 0 Å². The lowest BCUT2D eigenvalue weighted by atomic mass is 10.0. The molecule has 3 heterocycles. The summed E-state index contributed by atoms with van der Waals surface area (Å²) in [4.78, 5) is 26.5. The van der Waals surface area contributed by atoms with Crippen LogP contribution in [0, 0.1) is 11.8 Å². The fraction of sp³-hybridized carbons (Fsp3) is 0.722. The summed E-state index contributed by atoms with van der Waals surface area (Å²) in [6.45, 7) is 6.78. The van der Waals surface area contributed by atoms with Crippen molar-refractivity contribution in [3.8, 4) is 0 Å². The minimum Gasteiger partial charge on any atom is -0.381 e. The summed E-state index contributed by atoms with van der Waals surface area (Å²) >= 11 is 0. The van der Waals surface area contributed by atoms with Crippen LogP contribution in [0.15, 0.2) is 12.3 Å². The first kappa shape index (κ1) is 17.9. The highest BCUT2D eigenvalue weighted by molar-refractivity contribution is 5.89. The second kappa shape index (κ2) is 7.99. The Balaban J connectivity index is 1.55. The summed E-state index contributed by atoms with van der Waals surface area (Å²) in [5.41, 5.74) is 0. The zero-order valence-electron chi connectivity index (χ0n) is 15.1. The number of amides is 2. The fourth-order valence-electron chi connectivity index (χ4n) is 3.59. The molecular formula is C18H28N4O3. The number of rotatable bonds is 5. The highest BCUT2D eigenvalue weighted by Gasteiger charge is 2.31. The Morgan fingerprint density at radius 2 is 2.08 bits per heavy atom. The fourth-order valence-corrected chi connectivity index (χ4v) is 3.59. The van der Waals surface area contributed by atoms with Crippen LogP contribution in [0.3, 0.4) is 0 Å². The van der Waals surface area contributed by atoms with Gasteiger partial charge < -0.3 is 15.0 Å². The van der Waals surface area contributed by atoms with Crippen molar-refractivity contribution in [3.63, 3.8) is 0 Å². The number of carbonyl (C=O) groups excluding carboxylic acids is 2. The average molecular weight is 348 g/mol. The zero-order chi connectivity index (χ0) is 17.8. The van der Waals surface area contributed by atoms with Gasteiger partial charge in [0.1, 0.15) is 5.82 Å². The standard InChI is InChI=1S/C18H28N4O3/c1-13(2)11-17(23)20-16-3-7-19-22(16)15-4-8-21(9-5-15)18(24)14-6-10-25-12-14/h3,7,13-15H,4-6,8-12H2,1-2H3,(H,20,23)/t14-/m1/s1. The number of hydrogen-bond acceptors (Lipinski definition) is 4. The topological polar surface area (TPSA) is 76.5 Å². The van der Waals surface area contributed by atoms with Crippen LogP contribution in [-0.2, 0) is 14.3 Å². The van der Waals surface area contributed by atoms with Crippen molar-refractivity contribution in [2.45, 2.75) is 45.6 Å². The molecule has 0 unspecified atom stereocenters. The molecule has 1 aromatic heterocycles. The minimum atomic E-state index is 0.0191. The predicted molar refractivity (Wildman–Crippen MR) is 94.1 cm³/mol. The Kier molecular flexibility index (Phi) is 5.73. The van der Waals surface area contributed by atoms with E-state index in [0.717, 1.165) is 38.2 Å². The number of anilines is 1. The van der Waals surface area contributed by atoms with Gasteiger partial charge in [0.25, 0.3) is 0 Å². The van der Waals surface area contributed by atoms with Crippen molar-refractivity contribution < 1.29 is 14.3 Å². The number of nitrogens with one attached hydrogen (secondary N) is 1. The molecule has 0 aliphatic carbocycles. The number of piperidine rings is 1. The van der Waals surface area contributed by atoms with Crippen LogP contribution in [0.1, 0.15) is 45.6 Å². The van der Waals surface area contributed by atoms with Gasteiger partial charge in [-0.15, -0.1) is 0 Å². The van der Waals surface area contributed by atoms with Gasteiger partial charge in [-0.25, -0.2) is 4.68 Å². The summed E-state index contributed by atoms with van der Waals surface area (Å²) < 4.78 is 7.23. The SMILES string of the molecule is CC(C)CC(=O)Nc1ccnn1C1CCN(C(=O)[C@@H]2CCOC2)CC1. The average Bonchev–Trinajstić information content (AvgIpc) is 3.25. The number of aromatic nitrogens is 2. The summed E-state index contributed by atoms with van der Waals surface area (Å²) in [5.74, 6) is 1.35. The smallest absolute Gasteiger partial charge is 0.228 e. The van der Waals surface area contributed by atoms with Crippen LogP contribution >= 0.6 is 0 Å². The molecule has 0 spiro atoms. The van der Waals surface area contributed by atoms with E-state index < -0.39 is 0 Å². The third kappa shape index (κ3) is 4.39. The van der Waals surface area contributed by atoms with Crippen molar-refractivity contribution in [2.24, 2.45) is 11.8 Å². The predicted octanol–water partition coefficient (Wildman–Crippen LogP) is 2.07. The molecule has 0 aromatic carbocycles.